The van der Waals surface area contributed by atoms with Crippen molar-refractivity contribution in [2.24, 2.45) is 5.16 Å². The molecule has 2 atom stereocenters. The molecule has 0 aliphatic heterocycles. The van der Waals surface area contributed by atoms with E-state index in [1.807, 2.05) is 6.92 Å². The van der Waals surface area contributed by atoms with Crippen LogP contribution in [0.2, 0.25) is 0 Å². The smallest absolute Gasteiger partial charge is 0.279 e. The normalized spacial score (nSPS) is 20.7. The Labute approximate surface area is 198 Å². The number of nitrogens with one attached hydrogen (secondary N) is 1. The summed E-state index contributed by atoms with van der Waals surface area (Å²) >= 11 is 0. The Morgan fingerprint density at radius 3 is 2.44 bits per heavy atom. The predicted molar refractivity (Wildman–Crippen MR) is 125 cm³/mol. The molecule has 4 rings (SSSR count). The summed E-state index contributed by atoms with van der Waals surface area (Å²) in [5.41, 5.74) is 0.431. The van der Waals surface area contributed by atoms with Gasteiger partial charge >= 0.3 is 0 Å². The lowest BCUT2D eigenvalue weighted by atomic mass is 10.1. The average molecular weight is 489 g/mol. The highest BCUT2D eigenvalue weighted by Gasteiger charge is 2.37. The molecule has 1 amide bonds. The van der Waals surface area contributed by atoms with Crippen LogP contribution in [0.15, 0.2) is 46.7 Å². The molecular weight excluding hydrogens is 460 g/mol. The van der Waals surface area contributed by atoms with E-state index in [9.17, 15) is 13.2 Å². The summed E-state index contributed by atoms with van der Waals surface area (Å²) in [7, 11) is -1.87. The summed E-state index contributed by atoms with van der Waals surface area (Å²) < 4.78 is 35.7. The summed E-state index contributed by atoms with van der Waals surface area (Å²) in [6.07, 6.45) is 6.38. The van der Waals surface area contributed by atoms with Crippen LogP contribution in [0.25, 0.3) is 0 Å². The van der Waals surface area contributed by atoms with E-state index < -0.39 is 15.7 Å². The molecule has 0 radical (unpaired) electrons. The standard InChI is InChI=1S/C23H28N4O6S/c1-3-32-16-6-7-17(12-16)33-27-22(23(28)26-20-13-25-21(31-2)14-24-20)15-4-8-18(9-5-15)34(29,30)19-10-11-19/h4-5,8-9,13-14,16-17,19H,3,6-7,10-12H2,1-2H3,(H,24,26,28)/b27-22+/t16-,17-/m1/s1. The molecule has 0 bridgehead atoms. The van der Waals surface area contributed by atoms with E-state index in [2.05, 4.69) is 20.4 Å². The first-order chi connectivity index (χ1) is 16.4. The van der Waals surface area contributed by atoms with Gasteiger partial charge in [-0.1, -0.05) is 17.3 Å². The second-order valence-electron chi connectivity index (χ2n) is 8.22. The predicted octanol–water partition coefficient (Wildman–Crippen LogP) is 2.74. The summed E-state index contributed by atoms with van der Waals surface area (Å²) in [6, 6.07) is 6.13. The number of hydrogen-bond donors (Lipinski definition) is 1. The molecular formula is C23H28N4O6S. The molecule has 2 aliphatic rings. The van der Waals surface area contributed by atoms with Crippen molar-refractivity contribution >= 4 is 27.3 Å². The van der Waals surface area contributed by atoms with Crippen molar-refractivity contribution in [3.63, 3.8) is 0 Å². The van der Waals surface area contributed by atoms with Gasteiger partial charge < -0.3 is 19.6 Å². The van der Waals surface area contributed by atoms with Gasteiger partial charge in [0.2, 0.25) is 5.88 Å². The number of carbonyl (C=O) groups is 1. The largest absolute Gasteiger partial charge is 0.480 e. The number of carbonyl (C=O) groups excluding carboxylic acids is 1. The highest BCUT2D eigenvalue weighted by Crippen LogP contribution is 2.33. The number of hydrogen-bond acceptors (Lipinski definition) is 9. The lowest BCUT2D eigenvalue weighted by molar-refractivity contribution is -0.110. The van der Waals surface area contributed by atoms with Gasteiger partial charge in [0, 0.05) is 18.6 Å². The second-order valence-corrected chi connectivity index (χ2v) is 10.5. The molecule has 0 spiro atoms. The van der Waals surface area contributed by atoms with Gasteiger partial charge in [0.15, 0.2) is 21.4 Å². The van der Waals surface area contributed by atoms with Crippen molar-refractivity contribution in [2.45, 2.75) is 61.4 Å². The number of aromatic nitrogens is 2. The molecule has 2 aromatic rings. The Morgan fingerprint density at radius 1 is 1.09 bits per heavy atom. The third kappa shape index (κ3) is 5.71. The number of methoxy groups -OCH3 is 1. The van der Waals surface area contributed by atoms with Gasteiger partial charge in [0.25, 0.3) is 5.91 Å². The molecule has 2 fully saturated rings. The number of anilines is 1. The highest BCUT2D eigenvalue weighted by molar-refractivity contribution is 7.92. The number of nitrogens with zero attached hydrogens (tertiary/aromatic N) is 3. The Balaban J connectivity index is 1.54. The Kier molecular flexibility index (Phi) is 7.42. The molecule has 10 nitrogen and oxygen atoms in total. The van der Waals surface area contributed by atoms with E-state index in [1.54, 1.807) is 12.1 Å². The maximum absolute atomic E-state index is 13.1. The molecule has 11 heteroatoms. The van der Waals surface area contributed by atoms with Crippen molar-refractivity contribution in [2.75, 3.05) is 19.0 Å². The number of amides is 1. The maximum Gasteiger partial charge on any atom is 0.279 e. The van der Waals surface area contributed by atoms with Crippen LogP contribution in [0, 0.1) is 0 Å². The molecule has 1 aromatic carbocycles. The number of ether oxygens (including phenoxy) is 2. The highest BCUT2D eigenvalue weighted by atomic mass is 32.2. The molecule has 0 unspecified atom stereocenters. The first kappa shape index (κ1) is 24.1. The second kappa shape index (κ2) is 10.5. The molecule has 34 heavy (non-hydrogen) atoms. The van der Waals surface area contributed by atoms with Gasteiger partial charge in [-0.25, -0.2) is 18.4 Å². The van der Waals surface area contributed by atoms with Gasteiger partial charge in [-0.15, -0.1) is 0 Å². The molecule has 0 saturated heterocycles. The lowest BCUT2D eigenvalue weighted by Crippen LogP contribution is -2.25. The van der Waals surface area contributed by atoms with Crippen molar-refractivity contribution in [1.82, 2.24) is 9.97 Å². The summed E-state index contributed by atoms with van der Waals surface area (Å²) in [5, 5.41) is 6.50. The van der Waals surface area contributed by atoms with E-state index in [4.69, 9.17) is 14.3 Å². The van der Waals surface area contributed by atoms with E-state index >= 15 is 0 Å². The molecule has 1 heterocycles. The molecule has 182 valence electrons. The van der Waals surface area contributed by atoms with Crippen LogP contribution in [0.1, 0.15) is 44.6 Å². The van der Waals surface area contributed by atoms with Crippen LogP contribution in [0.3, 0.4) is 0 Å². The zero-order valence-electron chi connectivity index (χ0n) is 19.1. The Morgan fingerprint density at radius 2 is 1.82 bits per heavy atom. The molecule has 1 aromatic heterocycles. The minimum absolute atomic E-state index is 0.00727. The molecule has 2 saturated carbocycles. The van der Waals surface area contributed by atoms with Crippen molar-refractivity contribution in [1.29, 1.82) is 0 Å². The third-order valence-corrected chi connectivity index (χ3v) is 8.02. The van der Waals surface area contributed by atoms with E-state index in [0.29, 0.717) is 37.3 Å². The number of oxime groups is 1. The molecule has 1 N–H and O–H groups in total. The summed E-state index contributed by atoms with van der Waals surface area (Å²) in [6.45, 7) is 2.58. The number of rotatable bonds is 10. The SMILES string of the molecule is CCO[C@@H]1CC[C@@H](O/N=C(/C(=O)Nc2cnc(OC)cn2)c2ccc(S(=O)(=O)C3CC3)cc2)C1. The maximum atomic E-state index is 13.1. The fourth-order valence-electron chi connectivity index (χ4n) is 3.77. The van der Waals surface area contributed by atoms with Crippen LogP contribution < -0.4 is 10.1 Å². The van der Waals surface area contributed by atoms with Crippen molar-refractivity contribution < 1.29 is 27.5 Å². The van der Waals surface area contributed by atoms with Gasteiger partial charge in [-0.2, -0.15) is 0 Å². The fraction of sp³-hybridized carbons (Fsp3) is 0.478. The van der Waals surface area contributed by atoms with Gasteiger partial charge in [-0.3, -0.25) is 4.79 Å². The van der Waals surface area contributed by atoms with Crippen LogP contribution in [0.5, 0.6) is 5.88 Å². The van der Waals surface area contributed by atoms with Crippen LogP contribution in [-0.4, -0.2) is 61.2 Å². The van der Waals surface area contributed by atoms with Crippen LogP contribution >= 0.6 is 0 Å². The third-order valence-electron chi connectivity index (χ3n) is 5.75. The fourth-order valence-corrected chi connectivity index (χ4v) is 5.43. The Hall–Kier alpha value is -3.05. The zero-order chi connectivity index (χ0) is 24.1. The topological polar surface area (TPSA) is 129 Å². The Bertz CT molecular complexity index is 1130. The average Bonchev–Trinajstić information content (AvgIpc) is 3.62. The first-order valence-corrected chi connectivity index (χ1v) is 12.8. The van der Waals surface area contributed by atoms with E-state index in [1.165, 1.54) is 31.6 Å². The minimum atomic E-state index is -3.34. The molecule has 2 aliphatic carbocycles. The zero-order valence-corrected chi connectivity index (χ0v) is 20.0. The number of benzene rings is 1. The van der Waals surface area contributed by atoms with Gasteiger partial charge in [0.05, 0.1) is 35.8 Å². The van der Waals surface area contributed by atoms with Crippen molar-refractivity contribution in [3.05, 3.63) is 42.2 Å². The number of sulfone groups is 1. The van der Waals surface area contributed by atoms with Crippen molar-refractivity contribution in [3.8, 4) is 5.88 Å². The van der Waals surface area contributed by atoms with E-state index in [-0.39, 0.29) is 33.9 Å². The first-order valence-electron chi connectivity index (χ1n) is 11.3. The summed E-state index contributed by atoms with van der Waals surface area (Å²) in [5.74, 6) is -0.0342. The van der Waals surface area contributed by atoms with Gasteiger partial charge in [-0.05, 0) is 44.7 Å². The monoisotopic (exact) mass is 488 g/mol. The van der Waals surface area contributed by atoms with Crippen LogP contribution in [0.4, 0.5) is 5.82 Å². The van der Waals surface area contributed by atoms with Crippen LogP contribution in [-0.2, 0) is 24.2 Å². The quantitative estimate of drug-likeness (QED) is 0.399. The van der Waals surface area contributed by atoms with Gasteiger partial charge in [0.1, 0.15) is 6.10 Å². The van der Waals surface area contributed by atoms with E-state index in [0.717, 1.165) is 12.8 Å². The minimum Gasteiger partial charge on any atom is -0.480 e. The summed E-state index contributed by atoms with van der Waals surface area (Å²) in [4.78, 5) is 27.1. The lowest BCUT2D eigenvalue weighted by Gasteiger charge is -2.12.